The standard InChI is InChI=1S/C13H22/c1-2-7-12-10(4-1)5-3-6-11-8-9-13(11)12/h10-13H,1-9H2. The lowest BCUT2D eigenvalue weighted by atomic mass is 9.61. The van der Waals surface area contributed by atoms with Gasteiger partial charge in [-0.15, -0.1) is 0 Å². The zero-order valence-corrected chi connectivity index (χ0v) is 8.67. The Morgan fingerprint density at radius 1 is 0.462 bits per heavy atom. The van der Waals surface area contributed by atoms with E-state index >= 15 is 0 Å². The highest BCUT2D eigenvalue weighted by molar-refractivity contribution is 4.92. The summed E-state index contributed by atoms with van der Waals surface area (Å²) in [6.45, 7) is 0. The van der Waals surface area contributed by atoms with Crippen LogP contribution < -0.4 is 0 Å². The lowest BCUT2D eigenvalue weighted by Gasteiger charge is -2.44. The molecule has 3 aliphatic rings. The van der Waals surface area contributed by atoms with Gasteiger partial charge in [0, 0.05) is 0 Å². The number of hydrogen-bond donors (Lipinski definition) is 0. The van der Waals surface area contributed by atoms with Crippen LogP contribution in [0.1, 0.15) is 57.8 Å². The summed E-state index contributed by atoms with van der Waals surface area (Å²) in [4.78, 5) is 0. The Labute approximate surface area is 82.1 Å². The first-order chi connectivity index (χ1) is 6.45. The molecule has 0 aliphatic heterocycles. The van der Waals surface area contributed by atoms with Gasteiger partial charge < -0.3 is 0 Å². The molecule has 0 bridgehead atoms. The van der Waals surface area contributed by atoms with Crippen LogP contribution in [0, 0.1) is 23.7 Å². The van der Waals surface area contributed by atoms with Gasteiger partial charge in [-0.25, -0.2) is 0 Å². The molecule has 0 N–H and O–H groups in total. The molecule has 4 atom stereocenters. The maximum absolute atomic E-state index is 1.59. The van der Waals surface area contributed by atoms with E-state index in [1.54, 1.807) is 57.8 Å². The van der Waals surface area contributed by atoms with Crippen molar-refractivity contribution in [2.75, 3.05) is 0 Å². The highest BCUT2D eigenvalue weighted by Crippen LogP contribution is 2.52. The first kappa shape index (κ1) is 8.32. The van der Waals surface area contributed by atoms with Crippen molar-refractivity contribution in [3.63, 3.8) is 0 Å². The lowest BCUT2D eigenvalue weighted by molar-refractivity contribution is 0.0566. The highest BCUT2D eigenvalue weighted by atomic mass is 14.5. The predicted molar refractivity (Wildman–Crippen MR) is 55.5 cm³/mol. The summed E-state index contributed by atoms with van der Waals surface area (Å²) < 4.78 is 0. The average Bonchev–Trinajstić information content (AvgIpc) is 2.23. The van der Waals surface area contributed by atoms with E-state index in [2.05, 4.69) is 0 Å². The van der Waals surface area contributed by atoms with Gasteiger partial charge in [-0.3, -0.25) is 0 Å². The molecule has 0 heteroatoms. The second-order valence-electron chi connectivity index (χ2n) is 5.64. The molecule has 0 aromatic carbocycles. The van der Waals surface area contributed by atoms with Crippen LogP contribution in [0.4, 0.5) is 0 Å². The molecule has 0 aromatic rings. The molecule has 0 aromatic heterocycles. The van der Waals surface area contributed by atoms with Gasteiger partial charge >= 0.3 is 0 Å². The van der Waals surface area contributed by atoms with Crippen LogP contribution in [-0.2, 0) is 0 Å². The summed E-state index contributed by atoms with van der Waals surface area (Å²) in [6, 6.07) is 0. The molecule has 0 saturated heterocycles. The molecule has 0 radical (unpaired) electrons. The average molecular weight is 178 g/mol. The SMILES string of the molecule is C1CCC2C(C1)CCCC1CCC12. The molecule has 3 fully saturated rings. The van der Waals surface area contributed by atoms with Gasteiger partial charge in [0.05, 0.1) is 0 Å². The van der Waals surface area contributed by atoms with E-state index in [0.29, 0.717) is 0 Å². The number of rotatable bonds is 0. The van der Waals surface area contributed by atoms with Crippen molar-refractivity contribution >= 4 is 0 Å². The third-order valence-electron chi connectivity index (χ3n) is 5.14. The van der Waals surface area contributed by atoms with Crippen molar-refractivity contribution in [2.45, 2.75) is 57.8 Å². The van der Waals surface area contributed by atoms with Crippen molar-refractivity contribution < 1.29 is 0 Å². The molecule has 0 nitrogen and oxygen atoms in total. The van der Waals surface area contributed by atoms with E-state index in [1.807, 2.05) is 0 Å². The zero-order chi connectivity index (χ0) is 8.67. The molecule has 3 saturated carbocycles. The molecular weight excluding hydrogens is 156 g/mol. The van der Waals surface area contributed by atoms with E-state index in [4.69, 9.17) is 0 Å². The quantitative estimate of drug-likeness (QED) is 0.526. The Bertz CT molecular complexity index is 182. The van der Waals surface area contributed by atoms with Crippen LogP contribution in [0.5, 0.6) is 0 Å². The summed E-state index contributed by atoms with van der Waals surface area (Å²) in [5.41, 5.74) is 0. The van der Waals surface area contributed by atoms with Crippen molar-refractivity contribution in [1.29, 1.82) is 0 Å². The minimum Gasteiger partial charge on any atom is -0.0530 e. The van der Waals surface area contributed by atoms with Crippen molar-refractivity contribution in [3.8, 4) is 0 Å². The van der Waals surface area contributed by atoms with Gasteiger partial charge in [-0.2, -0.15) is 0 Å². The molecular formula is C13H22. The zero-order valence-electron chi connectivity index (χ0n) is 8.67. The maximum atomic E-state index is 1.59. The number of hydrogen-bond acceptors (Lipinski definition) is 0. The molecule has 0 amide bonds. The third kappa shape index (κ3) is 1.33. The van der Waals surface area contributed by atoms with E-state index in [1.165, 1.54) is 17.8 Å². The Morgan fingerprint density at radius 3 is 1.85 bits per heavy atom. The fourth-order valence-corrected chi connectivity index (χ4v) is 4.32. The van der Waals surface area contributed by atoms with Crippen molar-refractivity contribution in [3.05, 3.63) is 0 Å². The Balaban J connectivity index is 1.76. The minimum atomic E-state index is 1.16. The minimum absolute atomic E-state index is 1.16. The van der Waals surface area contributed by atoms with Crippen LogP contribution >= 0.6 is 0 Å². The van der Waals surface area contributed by atoms with Crippen LogP contribution in [0.25, 0.3) is 0 Å². The molecule has 3 aliphatic carbocycles. The van der Waals surface area contributed by atoms with Gasteiger partial charge in [-0.1, -0.05) is 38.5 Å². The monoisotopic (exact) mass is 178 g/mol. The lowest BCUT2D eigenvalue weighted by Crippen LogP contribution is -2.35. The smallest absolute Gasteiger partial charge is 0.0355 e. The third-order valence-corrected chi connectivity index (χ3v) is 5.14. The van der Waals surface area contributed by atoms with Crippen molar-refractivity contribution in [1.82, 2.24) is 0 Å². The maximum Gasteiger partial charge on any atom is -0.0355 e. The summed E-state index contributed by atoms with van der Waals surface area (Å²) >= 11 is 0. The van der Waals surface area contributed by atoms with Crippen LogP contribution in [0.2, 0.25) is 0 Å². The van der Waals surface area contributed by atoms with Gasteiger partial charge in [0.15, 0.2) is 0 Å². The first-order valence-corrected chi connectivity index (χ1v) is 6.45. The fourth-order valence-electron chi connectivity index (χ4n) is 4.32. The Morgan fingerprint density at radius 2 is 1.08 bits per heavy atom. The molecule has 13 heavy (non-hydrogen) atoms. The van der Waals surface area contributed by atoms with Crippen molar-refractivity contribution in [2.24, 2.45) is 23.7 Å². The molecule has 3 rings (SSSR count). The van der Waals surface area contributed by atoms with E-state index in [9.17, 15) is 0 Å². The Hall–Kier alpha value is 0. The Kier molecular flexibility index (Phi) is 2.11. The second kappa shape index (κ2) is 3.29. The van der Waals surface area contributed by atoms with E-state index < -0.39 is 0 Å². The molecule has 0 spiro atoms. The highest BCUT2D eigenvalue weighted by Gasteiger charge is 2.42. The summed E-state index contributed by atoms with van der Waals surface area (Å²) in [6.07, 6.45) is 14.1. The first-order valence-electron chi connectivity index (χ1n) is 6.45. The second-order valence-corrected chi connectivity index (χ2v) is 5.64. The summed E-state index contributed by atoms with van der Waals surface area (Å²) in [5.74, 6) is 4.69. The van der Waals surface area contributed by atoms with Crippen LogP contribution in [0.15, 0.2) is 0 Å². The molecule has 4 unspecified atom stereocenters. The van der Waals surface area contributed by atoms with Crippen LogP contribution in [-0.4, -0.2) is 0 Å². The molecule has 74 valence electrons. The summed E-state index contributed by atoms with van der Waals surface area (Å²) in [7, 11) is 0. The van der Waals surface area contributed by atoms with E-state index in [-0.39, 0.29) is 0 Å². The molecule has 0 heterocycles. The fraction of sp³-hybridized carbons (Fsp3) is 1.00. The van der Waals surface area contributed by atoms with E-state index in [0.717, 1.165) is 5.92 Å². The normalized spacial score (nSPS) is 49.8. The largest absolute Gasteiger partial charge is 0.0530 e. The predicted octanol–water partition coefficient (Wildman–Crippen LogP) is 4.00. The summed E-state index contributed by atoms with van der Waals surface area (Å²) in [5, 5.41) is 0. The van der Waals surface area contributed by atoms with Gasteiger partial charge in [0.2, 0.25) is 0 Å². The topological polar surface area (TPSA) is 0 Å². The van der Waals surface area contributed by atoms with Gasteiger partial charge in [0.1, 0.15) is 0 Å². The number of fused-ring (bicyclic) bond motifs is 3. The van der Waals surface area contributed by atoms with Gasteiger partial charge in [0.25, 0.3) is 0 Å². The van der Waals surface area contributed by atoms with Gasteiger partial charge in [-0.05, 0) is 42.9 Å². The van der Waals surface area contributed by atoms with Crippen LogP contribution in [0.3, 0.4) is 0 Å².